The largest absolute Gasteiger partial charge is 0.381 e. The fourth-order valence-electron chi connectivity index (χ4n) is 4.87. The summed E-state index contributed by atoms with van der Waals surface area (Å²) < 4.78 is 13.9. The van der Waals surface area contributed by atoms with Gasteiger partial charge in [-0.1, -0.05) is 31.8 Å². The molecule has 1 aromatic carbocycles. The van der Waals surface area contributed by atoms with Crippen LogP contribution in [-0.4, -0.2) is 42.4 Å². The average Bonchev–Trinajstić information content (AvgIpc) is 3.28. The van der Waals surface area contributed by atoms with E-state index in [2.05, 4.69) is 77.0 Å². The van der Waals surface area contributed by atoms with Crippen molar-refractivity contribution in [3.05, 3.63) is 72.2 Å². The number of hydrogen-bond acceptors (Lipinski definition) is 6. The standard InChI is InChI=1S/C30H35N5O2Si/c1-38(2,3)15-14-37-21-35-28-18-30(34-25-7-4-6-23(16-25)22-9-12-36-13-10-22)33-20-24(28)17-29(35)26-8-5-11-32-27(26)19-31/h4-8,11,16-18,20,22H,9-10,12-15,21H2,1-3H3,(H,33,34). The van der Waals surface area contributed by atoms with E-state index in [4.69, 9.17) is 14.5 Å². The van der Waals surface area contributed by atoms with Gasteiger partial charge < -0.3 is 19.4 Å². The van der Waals surface area contributed by atoms with Crippen molar-refractivity contribution in [1.29, 1.82) is 5.26 Å². The lowest BCUT2D eigenvalue weighted by molar-refractivity contribution is 0.0853. The summed E-state index contributed by atoms with van der Waals surface area (Å²) in [6.07, 6.45) is 5.64. The van der Waals surface area contributed by atoms with Crippen LogP contribution in [-0.2, 0) is 16.2 Å². The maximum absolute atomic E-state index is 9.70. The molecule has 4 aromatic rings. The van der Waals surface area contributed by atoms with Crippen molar-refractivity contribution in [3.63, 3.8) is 0 Å². The molecule has 7 nitrogen and oxygen atoms in total. The number of aromatic nitrogens is 3. The second-order valence-corrected chi connectivity index (χ2v) is 16.7. The Kier molecular flexibility index (Phi) is 7.89. The fourth-order valence-corrected chi connectivity index (χ4v) is 5.63. The summed E-state index contributed by atoms with van der Waals surface area (Å²) in [4.78, 5) is 8.99. The third-order valence-electron chi connectivity index (χ3n) is 7.04. The Morgan fingerprint density at radius 2 is 1.95 bits per heavy atom. The number of pyridine rings is 2. The van der Waals surface area contributed by atoms with Crippen molar-refractivity contribution in [2.24, 2.45) is 0 Å². The summed E-state index contributed by atoms with van der Waals surface area (Å²) in [5.74, 6) is 1.30. The zero-order valence-corrected chi connectivity index (χ0v) is 23.4. The smallest absolute Gasteiger partial charge is 0.149 e. The van der Waals surface area contributed by atoms with E-state index in [1.54, 1.807) is 6.20 Å². The highest BCUT2D eigenvalue weighted by Crippen LogP contribution is 2.32. The Morgan fingerprint density at radius 1 is 1.11 bits per heavy atom. The molecule has 0 radical (unpaired) electrons. The summed E-state index contributed by atoms with van der Waals surface area (Å²) >= 11 is 0. The Morgan fingerprint density at radius 3 is 2.74 bits per heavy atom. The maximum atomic E-state index is 9.70. The number of ether oxygens (including phenoxy) is 2. The minimum absolute atomic E-state index is 0.395. The number of rotatable bonds is 9. The van der Waals surface area contributed by atoms with Crippen LogP contribution in [0.15, 0.2) is 60.9 Å². The predicted molar refractivity (Wildman–Crippen MR) is 154 cm³/mol. The fraction of sp³-hybridized carbons (Fsp3) is 0.367. The van der Waals surface area contributed by atoms with Gasteiger partial charge in [-0.2, -0.15) is 5.26 Å². The molecule has 5 rings (SSSR count). The lowest BCUT2D eigenvalue weighted by Gasteiger charge is -2.22. The third kappa shape index (κ3) is 6.13. The highest BCUT2D eigenvalue weighted by atomic mass is 28.3. The van der Waals surface area contributed by atoms with Crippen LogP contribution in [0.25, 0.3) is 22.2 Å². The maximum Gasteiger partial charge on any atom is 0.149 e. The van der Waals surface area contributed by atoms with Gasteiger partial charge in [0.15, 0.2) is 0 Å². The van der Waals surface area contributed by atoms with E-state index in [1.807, 2.05) is 18.3 Å². The van der Waals surface area contributed by atoms with Crippen LogP contribution in [0, 0.1) is 11.3 Å². The number of nitriles is 1. The SMILES string of the molecule is C[Si](C)(C)CCOCn1c(-c2cccnc2C#N)cc2cnc(Nc3cccc(C4CCOCC4)c3)cc21. The van der Waals surface area contributed by atoms with Crippen molar-refractivity contribution in [2.45, 2.75) is 51.2 Å². The van der Waals surface area contributed by atoms with Crippen LogP contribution in [0.4, 0.5) is 11.5 Å². The molecular weight excluding hydrogens is 490 g/mol. The topological polar surface area (TPSA) is 85.0 Å². The van der Waals surface area contributed by atoms with Gasteiger partial charge in [-0.3, -0.25) is 0 Å². The number of nitrogens with one attached hydrogen (secondary N) is 1. The molecule has 0 unspecified atom stereocenters. The van der Waals surface area contributed by atoms with E-state index in [1.165, 1.54) is 5.56 Å². The molecule has 3 aromatic heterocycles. The molecule has 0 amide bonds. The molecule has 1 N–H and O–H groups in total. The molecule has 4 heterocycles. The molecule has 1 saturated heterocycles. The highest BCUT2D eigenvalue weighted by Gasteiger charge is 2.18. The summed E-state index contributed by atoms with van der Waals surface area (Å²) in [5, 5.41) is 14.2. The highest BCUT2D eigenvalue weighted by molar-refractivity contribution is 6.76. The van der Waals surface area contributed by atoms with Crippen molar-refractivity contribution < 1.29 is 9.47 Å². The first-order valence-electron chi connectivity index (χ1n) is 13.3. The van der Waals surface area contributed by atoms with Gasteiger partial charge in [0.05, 0.1) is 11.2 Å². The van der Waals surface area contributed by atoms with Gasteiger partial charge in [-0.05, 0) is 60.7 Å². The molecule has 196 valence electrons. The lowest BCUT2D eigenvalue weighted by atomic mass is 9.91. The molecule has 0 spiro atoms. The molecule has 1 fully saturated rings. The Bertz CT molecular complexity index is 1450. The molecular formula is C30H35N5O2Si. The Hall–Kier alpha value is -3.51. The molecule has 0 bridgehead atoms. The van der Waals surface area contributed by atoms with Crippen LogP contribution in [0.1, 0.15) is 30.0 Å². The zero-order chi connectivity index (χ0) is 26.5. The van der Waals surface area contributed by atoms with Crippen LogP contribution < -0.4 is 5.32 Å². The van der Waals surface area contributed by atoms with E-state index in [0.29, 0.717) is 24.9 Å². The van der Waals surface area contributed by atoms with E-state index in [0.717, 1.165) is 65.8 Å². The van der Waals surface area contributed by atoms with Gasteiger partial charge in [0.1, 0.15) is 24.3 Å². The van der Waals surface area contributed by atoms with E-state index >= 15 is 0 Å². The molecule has 0 aliphatic carbocycles. The monoisotopic (exact) mass is 525 g/mol. The van der Waals surface area contributed by atoms with Gasteiger partial charge in [0, 0.05) is 63.0 Å². The number of hydrogen-bond donors (Lipinski definition) is 1. The van der Waals surface area contributed by atoms with Gasteiger partial charge in [0.25, 0.3) is 0 Å². The lowest BCUT2D eigenvalue weighted by Crippen LogP contribution is -2.22. The van der Waals surface area contributed by atoms with Crippen molar-refractivity contribution in [2.75, 3.05) is 25.1 Å². The first-order valence-corrected chi connectivity index (χ1v) is 17.0. The quantitative estimate of drug-likeness (QED) is 0.189. The molecule has 8 heteroatoms. The average molecular weight is 526 g/mol. The first kappa shape index (κ1) is 26.1. The van der Waals surface area contributed by atoms with Crippen LogP contribution >= 0.6 is 0 Å². The zero-order valence-electron chi connectivity index (χ0n) is 22.4. The molecule has 1 aliphatic rings. The van der Waals surface area contributed by atoms with Crippen LogP contribution in [0.5, 0.6) is 0 Å². The van der Waals surface area contributed by atoms with Crippen molar-refractivity contribution >= 4 is 30.5 Å². The number of nitrogens with zero attached hydrogens (tertiary/aromatic N) is 4. The predicted octanol–water partition coefficient (Wildman–Crippen LogP) is 6.92. The second kappa shape index (κ2) is 11.5. The van der Waals surface area contributed by atoms with Gasteiger partial charge >= 0.3 is 0 Å². The van der Waals surface area contributed by atoms with Gasteiger partial charge in [-0.25, -0.2) is 9.97 Å². The second-order valence-electron chi connectivity index (χ2n) is 11.1. The van der Waals surface area contributed by atoms with Crippen LogP contribution in [0.3, 0.4) is 0 Å². The van der Waals surface area contributed by atoms with Gasteiger partial charge in [0.2, 0.25) is 0 Å². The summed E-state index contributed by atoms with van der Waals surface area (Å²) in [7, 11) is -1.21. The minimum Gasteiger partial charge on any atom is -0.381 e. The normalized spacial score (nSPS) is 14.5. The number of benzene rings is 1. The third-order valence-corrected chi connectivity index (χ3v) is 8.75. The van der Waals surface area contributed by atoms with Crippen molar-refractivity contribution in [1.82, 2.24) is 14.5 Å². The van der Waals surface area contributed by atoms with Crippen LogP contribution in [0.2, 0.25) is 25.7 Å². The number of anilines is 2. The summed E-state index contributed by atoms with van der Waals surface area (Å²) in [6, 6.07) is 19.9. The minimum atomic E-state index is -1.21. The van der Waals surface area contributed by atoms with Gasteiger partial charge in [-0.15, -0.1) is 0 Å². The molecule has 0 atom stereocenters. The molecule has 38 heavy (non-hydrogen) atoms. The summed E-state index contributed by atoms with van der Waals surface area (Å²) in [5.41, 5.74) is 5.44. The Balaban J connectivity index is 1.46. The van der Waals surface area contributed by atoms with E-state index in [9.17, 15) is 5.26 Å². The van der Waals surface area contributed by atoms with E-state index in [-0.39, 0.29) is 0 Å². The van der Waals surface area contributed by atoms with E-state index < -0.39 is 8.07 Å². The molecule has 1 aliphatic heterocycles. The molecule has 0 saturated carbocycles. The Labute approximate surface area is 225 Å². The van der Waals surface area contributed by atoms with Crippen molar-refractivity contribution in [3.8, 4) is 17.3 Å². The summed E-state index contributed by atoms with van der Waals surface area (Å²) in [6.45, 7) is 9.80. The number of fused-ring (bicyclic) bond motifs is 1. The first-order chi connectivity index (χ1) is 18.4.